The van der Waals surface area contributed by atoms with Crippen LogP contribution in [0, 0.1) is 19.7 Å². The summed E-state index contributed by atoms with van der Waals surface area (Å²) >= 11 is 0. The number of carbonyl (C=O) groups excluding carboxylic acids is 1. The molecule has 2 heterocycles. The van der Waals surface area contributed by atoms with Crippen LogP contribution in [0.2, 0.25) is 0 Å². The Morgan fingerprint density at radius 1 is 0.966 bits per heavy atom. The molecule has 0 radical (unpaired) electrons. The second-order valence-electron chi connectivity index (χ2n) is 8.08. The maximum Gasteiger partial charge on any atom is 0.247 e. The molecular weight excluding hydrogens is 363 g/mol. The van der Waals surface area contributed by atoms with E-state index in [1.807, 2.05) is 37.3 Å². The van der Waals surface area contributed by atoms with Gasteiger partial charge in [0.1, 0.15) is 12.4 Å². The Morgan fingerprint density at radius 3 is 2.41 bits per heavy atom. The van der Waals surface area contributed by atoms with Gasteiger partial charge < -0.3 is 0 Å². The molecule has 0 aromatic heterocycles. The number of rotatable bonds is 3. The number of Topliss-reactive ketones (excluding diaryl/α,β-unsaturated/α-hetero) is 1. The van der Waals surface area contributed by atoms with Gasteiger partial charge >= 0.3 is 0 Å². The first-order chi connectivity index (χ1) is 14.0. The van der Waals surface area contributed by atoms with Crippen LogP contribution in [0.4, 0.5) is 4.39 Å². The minimum Gasteiger partial charge on any atom is -0.290 e. The van der Waals surface area contributed by atoms with E-state index in [0.717, 1.165) is 24.1 Å². The van der Waals surface area contributed by atoms with Gasteiger partial charge in [-0.15, -0.1) is 0 Å². The molecule has 0 saturated heterocycles. The van der Waals surface area contributed by atoms with Gasteiger partial charge in [0.15, 0.2) is 0 Å². The van der Waals surface area contributed by atoms with Crippen LogP contribution in [-0.4, -0.2) is 47.3 Å². The standard InChI is InChI=1S/C18H25N2O.C7H7F/c1-15-7-9-16(10-8-15)17(21)14-20-13-5-12-19-11-4-2-3-6-18(19)20;1-6-3-2-4-7(8)5-6/h7-10H,2-6,11-14H2,1H3;2-5H,1H3/q+1;. The second-order valence-corrected chi connectivity index (χ2v) is 8.08. The predicted molar refractivity (Wildman–Crippen MR) is 116 cm³/mol. The van der Waals surface area contributed by atoms with Crippen molar-refractivity contribution >= 4 is 11.6 Å². The van der Waals surface area contributed by atoms with E-state index in [1.54, 1.807) is 6.07 Å². The molecule has 0 amide bonds. The maximum absolute atomic E-state index is 12.5. The van der Waals surface area contributed by atoms with Crippen LogP contribution >= 0.6 is 0 Å². The number of nitrogens with zero attached hydrogens (tertiary/aromatic N) is 2. The molecular formula is C25H32FN2O+. The van der Waals surface area contributed by atoms with Crippen molar-refractivity contribution in [1.29, 1.82) is 0 Å². The van der Waals surface area contributed by atoms with Gasteiger partial charge in [0.05, 0.1) is 19.6 Å². The summed E-state index contributed by atoms with van der Waals surface area (Å²) in [7, 11) is 0. The van der Waals surface area contributed by atoms with E-state index in [0.29, 0.717) is 6.54 Å². The molecule has 2 aromatic rings. The zero-order chi connectivity index (χ0) is 20.6. The van der Waals surface area contributed by atoms with Crippen LogP contribution in [0.3, 0.4) is 0 Å². The van der Waals surface area contributed by atoms with Crippen LogP contribution in [0.5, 0.6) is 0 Å². The Kier molecular flexibility index (Phi) is 7.56. The van der Waals surface area contributed by atoms with E-state index in [9.17, 15) is 9.18 Å². The minimum atomic E-state index is -0.162. The van der Waals surface area contributed by atoms with Crippen molar-refractivity contribution in [3.05, 3.63) is 71.0 Å². The Hall–Kier alpha value is -2.49. The molecule has 4 heteroatoms. The lowest BCUT2D eigenvalue weighted by molar-refractivity contribution is -0.538. The Morgan fingerprint density at radius 2 is 1.72 bits per heavy atom. The zero-order valence-corrected chi connectivity index (χ0v) is 17.7. The van der Waals surface area contributed by atoms with Crippen molar-refractivity contribution in [3.8, 4) is 0 Å². The molecule has 29 heavy (non-hydrogen) atoms. The molecule has 154 valence electrons. The smallest absolute Gasteiger partial charge is 0.247 e. The van der Waals surface area contributed by atoms with E-state index < -0.39 is 0 Å². The minimum absolute atomic E-state index is 0.162. The summed E-state index contributed by atoms with van der Waals surface area (Å²) in [6, 6.07) is 14.5. The molecule has 2 aliphatic heterocycles. The van der Waals surface area contributed by atoms with Gasteiger partial charge in [-0.25, -0.2) is 4.39 Å². The number of amidine groups is 1. The van der Waals surface area contributed by atoms with E-state index in [1.165, 1.54) is 62.3 Å². The Labute approximate surface area is 173 Å². The summed E-state index contributed by atoms with van der Waals surface area (Å²) in [4.78, 5) is 14.8. The van der Waals surface area contributed by atoms with E-state index in [-0.39, 0.29) is 11.6 Å². The van der Waals surface area contributed by atoms with Crippen LogP contribution in [0.25, 0.3) is 0 Å². The molecule has 3 nitrogen and oxygen atoms in total. The lowest BCUT2D eigenvalue weighted by Crippen LogP contribution is -2.46. The first-order valence-corrected chi connectivity index (χ1v) is 10.7. The molecule has 0 aliphatic carbocycles. The quantitative estimate of drug-likeness (QED) is 0.539. The monoisotopic (exact) mass is 395 g/mol. The maximum atomic E-state index is 12.5. The predicted octanol–water partition coefficient (Wildman–Crippen LogP) is 5.00. The molecule has 4 rings (SSSR count). The molecule has 2 aromatic carbocycles. The highest BCUT2D eigenvalue weighted by Crippen LogP contribution is 2.16. The number of hydrogen-bond donors (Lipinski definition) is 0. The van der Waals surface area contributed by atoms with Crippen molar-refractivity contribution in [2.75, 3.05) is 26.2 Å². The van der Waals surface area contributed by atoms with Gasteiger partial charge in [-0.1, -0.05) is 42.0 Å². The number of benzene rings is 2. The SMILES string of the molecule is Cc1ccc(C(=O)CN2CCC[N+]3=C2CCCCC3)cc1.Cc1cccc(F)c1. The first kappa shape index (κ1) is 21.2. The molecule has 0 unspecified atom stereocenters. The summed E-state index contributed by atoms with van der Waals surface area (Å²) in [6.07, 6.45) is 6.19. The van der Waals surface area contributed by atoms with Crippen molar-refractivity contribution in [1.82, 2.24) is 4.90 Å². The molecule has 0 spiro atoms. The van der Waals surface area contributed by atoms with Gasteiger partial charge in [-0.05, 0) is 50.8 Å². The first-order valence-electron chi connectivity index (χ1n) is 10.7. The zero-order valence-electron chi connectivity index (χ0n) is 17.7. The normalized spacial score (nSPS) is 16.4. The third-order valence-electron chi connectivity index (χ3n) is 5.60. The summed E-state index contributed by atoms with van der Waals surface area (Å²) in [6.45, 7) is 7.83. The highest BCUT2D eigenvalue weighted by atomic mass is 19.1. The summed E-state index contributed by atoms with van der Waals surface area (Å²) in [5.41, 5.74) is 3.01. The van der Waals surface area contributed by atoms with Gasteiger partial charge in [0, 0.05) is 18.4 Å². The van der Waals surface area contributed by atoms with Crippen molar-refractivity contribution in [3.63, 3.8) is 0 Å². The van der Waals surface area contributed by atoms with Gasteiger partial charge in [-0.2, -0.15) is 0 Å². The Bertz CT molecular complexity index is 840. The largest absolute Gasteiger partial charge is 0.290 e. The van der Waals surface area contributed by atoms with Crippen molar-refractivity contribution in [2.45, 2.75) is 46.0 Å². The van der Waals surface area contributed by atoms with Crippen LogP contribution in [0.15, 0.2) is 48.5 Å². The third kappa shape index (κ3) is 6.25. The number of hydrogen-bond acceptors (Lipinski definition) is 2. The fraction of sp³-hybridized carbons (Fsp3) is 0.440. The van der Waals surface area contributed by atoms with E-state index >= 15 is 0 Å². The van der Waals surface area contributed by atoms with Crippen LogP contribution < -0.4 is 0 Å². The number of aryl methyl sites for hydroxylation is 2. The number of carbonyl (C=O) groups is 1. The van der Waals surface area contributed by atoms with Gasteiger partial charge in [0.25, 0.3) is 0 Å². The molecule has 0 fully saturated rings. The molecule has 2 aliphatic rings. The highest BCUT2D eigenvalue weighted by Gasteiger charge is 2.30. The van der Waals surface area contributed by atoms with Crippen LogP contribution in [-0.2, 0) is 0 Å². The van der Waals surface area contributed by atoms with Crippen molar-refractivity contribution in [2.24, 2.45) is 0 Å². The van der Waals surface area contributed by atoms with Crippen molar-refractivity contribution < 1.29 is 13.8 Å². The molecule has 0 bridgehead atoms. The highest BCUT2D eigenvalue weighted by molar-refractivity contribution is 5.99. The van der Waals surface area contributed by atoms with E-state index in [2.05, 4.69) is 16.4 Å². The Balaban J connectivity index is 0.000000252. The van der Waals surface area contributed by atoms with Gasteiger partial charge in [0.2, 0.25) is 11.6 Å². The lowest BCUT2D eigenvalue weighted by Gasteiger charge is -2.25. The van der Waals surface area contributed by atoms with Gasteiger partial charge in [-0.3, -0.25) is 14.3 Å². The van der Waals surface area contributed by atoms with E-state index in [4.69, 9.17) is 0 Å². The number of halogens is 1. The van der Waals surface area contributed by atoms with Crippen LogP contribution in [0.1, 0.15) is 53.6 Å². The average molecular weight is 396 g/mol. The average Bonchev–Trinajstić information content (AvgIpc) is 2.95. The summed E-state index contributed by atoms with van der Waals surface area (Å²) in [5, 5.41) is 0. The molecule has 0 saturated carbocycles. The number of ketones is 1. The fourth-order valence-corrected chi connectivity index (χ4v) is 4.01. The summed E-state index contributed by atoms with van der Waals surface area (Å²) in [5.74, 6) is 1.50. The summed E-state index contributed by atoms with van der Waals surface area (Å²) < 4.78 is 14.7. The topological polar surface area (TPSA) is 23.3 Å². The fourth-order valence-electron chi connectivity index (χ4n) is 4.01. The second kappa shape index (κ2) is 10.3. The third-order valence-corrected chi connectivity index (χ3v) is 5.60. The molecule has 0 N–H and O–H groups in total. The lowest BCUT2D eigenvalue weighted by atomic mass is 10.1. The molecule has 0 atom stereocenters.